The van der Waals surface area contributed by atoms with Crippen LogP contribution in [0.25, 0.3) is 0 Å². The van der Waals surface area contributed by atoms with Crippen LogP contribution in [0.2, 0.25) is 0 Å². The molecule has 1 atom stereocenters. The maximum absolute atomic E-state index is 12.2. The predicted molar refractivity (Wildman–Crippen MR) is 65.6 cm³/mol. The number of alkyl halides is 1. The topological polar surface area (TPSA) is 20.3 Å². The van der Waals surface area contributed by atoms with Crippen LogP contribution in [-0.4, -0.2) is 40.3 Å². The van der Waals surface area contributed by atoms with Gasteiger partial charge in [0.15, 0.2) is 0 Å². The fourth-order valence-electron chi connectivity index (χ4n) is 2.22. The zero-order valence-electron chi connectivity index (χ0n) is 8.95. The van der Waals surface area contributed by atoms with Crippen molar-refractivity contribution < 1.29 is 4.79 Å². The molecule has 0 aromatic rings. The normalized spacial score (nSPS) is 26.3. The van der Waals surface area contributed by atoms with Crippen molar-refractivity contribution in [3.63, 3.8) is 0 Å². The average molecular weight is 248 g/mol. The molecule has 1 unspecified atom stereocenters. The lowest BCUT2D eigenvalue weighted by Gasteiger charge is -2.38. The van der Waals surface area contributed by atoms with Crippen LogP contribution in [-0.2, 0) is 4.79 Å². The van der Waals surface area contributed by atoms with Gasteiger partial charge < -0.3 is 4.90 Å². The fourth-order valence-corrected chi connectivity index (χ4v) is 3.63. The molecular formula is C11H18ClNOS. The first-order valence-electron chi connectivity index (χ1n) is 5.81. The second kappa shape index (κ2) is 5.44. The number of hydrogen-bond donors (Lipinski definition) is 0. The molecule has 1 saturated heterocycles. The van der Waals surface area contributed by atoms with Gasteiger partial charge >= 0.3 is 0 Å². The lowest BCUT2D eigenvalue weighted by atomic mass is 9.91. The summed E-state index contributed by atoms with van der Waals surface area (Å²) in [6.07, 6.45) is 5.89. The zero-order valence-corrected chi connectivity index (χ0v) is 10.5. The van der Waals surface area contributed by atoms with Crippen molar-refractivity contribution >= 4 is 29.3 Å². The first kappa shape index (κ1) is 11.6. The van der Waals surface area contributed by atoms with E-state index < -0.39 is 0 Å². The summed E-state index contributed by atoms with van der Waals surface area (Å²) in [7, 11) is 0. The minimum Gasteiger partial charge on any atom is -0.338 e. The Morgan fingerprint density at radius 2 is 2.13 bits per heavy atom. The molecule has 2 fully saturated rings. The molecule has 1 heterocycles. The molecule has 0 bridgehead atoms. The van der Waals surface area contributed by atoms with E-state index in [1.807, 2.05) is 16.7 Å². The number of nitrogens with zero attached hydrogens (tertiary/aromatic N) is 1. The third kappa shape index (κ3) is 2.62. The first-order valence-corrected chi connectivity index (χ1v) is 7.39. The van der Waals surface area contributed by atoms with Crippen LogP contribution in [0.5, 0.6) is 0 Å². The van der Waals surface area contributed by atoms with E-state index in [1.54, 1.807) is 0 Å². The van der Waals surface area contributed by atoms with Gasteiger partial charge in [0.05, 0.1) is 5.25 Å². The highest BCUT2D eigenvalue weighted by Crippen LogP contribution is 2.31. The van der Waals surface area contributed by atoms with Gasteiger partial charge in [-0.15, -0.1) is 23.4 Å². The van der Waals surface area contributed by atoms with Gasteiger partial charge in [-0.2, -0.15) is 0 Å². The van der Waals surface area contributed by atoms with Crippen LogP contribution >= 0.6 is 23.4 Å². The predicted octanol–water partition coefficient (Wildman–Crippen LogP) is 2.50. The summed E-state index contributed by atoms with van der Waals surface area (Å²) in [5, 5.41) is 0.230. The van der Waals surface area contributed by atoms with E-state index in [9.17, 15) is 4.79 Å². The Hall–Kier alpha value is 0.110. The Labute approximate surface area is 101 Å². The summed E-state index contributed by atoms with van der Waals surface area (Å²) in [5.74, 6) is 2.07. The molecule has 86 valence electrons. The van der Waals surface area contributed by atoms with Gasteiger partial charge in [-0.3, -0.25) is 4.79 Å². The monoisotopic (exact) mass is 247 g/mol. The van der Waals surface area contributed by atoms with Gasteiger partial charge in [-0.05, 0) is 37.9 Å². The summed E-state index contributed by atoms with van der Waals surface area (Å²) in [5.41, 5.74) is 0. The van der Waals surface area contributed by atoms with Crippen molar-refractivity contribution in [3.05, 3.63) is 0 Å². The molecule has 0 N–H and O–H groups in total. The lowest BCUT2D eigenvalue weighted by Crippen LogP contribution is -2.48. The molecule has 0 aromatic heterocycles. The van der Waals surface area contributed by atoms with Crippen molar-refractivity contribution in [2.75, 3.05) is 18.2 Å². The van der Waals surface area contributed by atoms with Gasteiger partial charge in [0.25, 0.3) is 0 Å². The molecule has 2 rings (SSSR count). The van der Waals surface area contributed by atoms with Crippen molar-refractivity contribution in [1.82, 2.24) is 4.90 Å². The minimum atomic E-state index is 0.230. The minimum absolute atomic E-state index is 0.230. The van der Waals surface area contributed by atoms with E-state index in [-0.39, 0.29) is 5.25 Å². The van der Waals surface area contributed by atoms with E-state index in [0.29, 0.717) is 17.8 Å². The summed E-state index contributed by atoms with van der Waals surface area (Å²) < 4.78 is 0. The van der Waals surface area contributed by atoms with Crippen molar-refractivity contribution in [2.45, 2.75) is 43.4 Å². The van der Waals surface area contributed by atoms with Crippen LogP contribution in [0.3, 0.4) is 0 Å². The molecule has 1 aliphatic heterocycles. The molecule has 0 radical (unpaired) electrons. The van der Waals surface area contributed by atoms with E-state index in [4.69, 9.17) is 11.6 Å². The van der Waals surface area contributed by atoms with Crippen LogP contribution in [0.4, 0.5) is 0 Å². The third-order valence-corrected chi connectivity index (χ3v) is 4.86. The second-order valence-electron chi connectivity index (χ2n) is 4.31. The first-order chi connectivity index (χ1) is 7.33. The number of hydrogen-bond acceptors (Lipinski definition) is 2. The highest BCUT2D eigenvalue weighted by atomic mass is 35.5. The summed E-state index contributed by atoms with van der Waals surface area (Å²) >= 11 is 7.59. The SMILES string of the molecule is O=C(C1CCCS1)N(CCCl)C1CCC1. The van der Waals surface area contributed by atoms with Crippen molar-refractivity contribution in [2.24, 2.45) is 0 Å². The van der Waals surface area contributed by atoms with Crippen molar-refractivity contribution in [3.8, 4) is 0 Å². The van der Waals surface area contributed by atoms with E-state index in [0.717, 1.165) is 18.7 Å². The number of carbonyl (C=O) groups is 1. The molecule has 4 heteroatoms. The Balaban J connectivity index is 1.92. The largest absolute Gasteiger partial charge is 0.338 e. The number of rotatable bonds is 4. The average Bonchev–Trinajstić information content (AvgIpc) is 2.66. The number of thioether (sulfide) groups is 1. The van der Waals surface area contributed by atoms with Gasteiger partial charge in [0, 0.05) is 18.5 Å². The summed E-state index contributed by atoms with van der Waals surface area (Å²) in [6, 6.07) is 0.498. The molecule has 0 spiro atoms. The van der Waals surface area contributed by atoms with Gasteiger partial charge in [0.2, 0.25) is 5.91 Å². The molecular weight excluding hydrogens is 230 g/mol. The van der Waals surface area contributed by atoms with Gasteiger partial charge in [-0.25, -0.2) is 0 Å². The fraction of sp³-hybridized carbons (Fsp3) is 0.909. The zero-order chi connectivity index (χ0) is 10.7. The van der Waals surface area contributed by atoms with Crippen LogP contribution < -0.4 is 0 Å². The molecule has 1 amide bonds. The Morgan fingerprint density at radius 1 is 1.33 bits per heavy atom. The second-order valence-corrected chi connectivity index (χ2v) is 6.00. The number of carbonyl (C=O) groups excluding carboxylic acids is 1. The van der Waals surface area contributed by atoms with Gasteiger partial charge in [0.1, 0.15) is 0 Å². The van der Waals surface area contributed by atoms with E-state index in [1.165, 1.54) is 25.7 Å². The number of halogens is 1. The highest BCUT2D eigenvalue weighted by molar-refractivity contribution is 8.00. The maximum atomic E-state index is 12.2. The van der Waals surface area contributed by atoms with Crippen molar-refractivity contribution in [1.29, 1.82) is 0 Å². The summed E-state index contributed by atoms with van der Waals surface area (Å²) in [4.78, 5) is 14.3. The molecule has 2 nitrogen and oxygen atoms in total. The third-order valence-electron chi connectivity index (χ3n) is 3.33. The van der Waals surface area contributed by atoms with Gasteiger partial charge in [-0.1, -0.05) is 0 Å². The smallest absolute Gasteiger partial charge is 0.235 e. The molecule has 15 heavy (non-hydrogen) atoms. The Kier molecular flexibility index (Phi) is 4.21. The van der Waals surface area contributed by atoms with Crippen LogP contribution in [0.1, 0.15) is 32.1 Å². The Morgan fingerprint density at radius 3 is 2.60 bits per heavy atom. The van der Waals surface area contributed by atoms with Crippen LogP contribution in [0, 0.1) is 0 Å². The highest BCUT2D eigenvalue weighted by Gasteiger charge is 2.33. The van der Waals surface area contributed by atoms with E-state index >= 15 is 0 Å². The standard InChI is InChI=1S/C11H18ClNOS/c12-6-7-13(9-3-1-4-9)11(14)10-5-2-8-15-10/h9-10H,1-8H2. The Bertz CT molecular complexity index is 227. The van der Waals surface area contributed by atoms with E-state index in [2.05, 4.69) is 0 Å². The molecule has 2 aliphatic rings. The molecule has 0 aromatic carbocycles. The number of amides is 1. The van der Waals surface area contributed by atoms with Crippen LogP contribution in [0.15, 0.2) is 0 Å². The molecule has 1 saturated carbocycles. The quantitative estimate of drug-likeness (QED) is 0.712. The summed E-state index contributed by atoms with van der Waals surface area (Å²) in [6.45, 7) is 0.738. The molecule has 1 aliphatic carbocycles. The lowest BCUT2D eigenvalue weighted by molar-refractivity contribution is -0.134. The maximum Gasteiger partial charge on any atom is 0.235 e.